The van der Waals surface area contributed by atoms with E-state index in [0.29, 0.717) is 40.3 Å². The number of aldehydes is 1. The Morgan fingerprint density at radius 1 is 0.952 bits per heavy atom. The standard InChI is InChI=1S/C31H35N3O8/c1-6-41-30(37)22-12-14-27(29(17-22)40-5)42-20(3)33-23(18-35)26(36)15-21-11-13-25(28(16-21)39-4)34(31(32)38)24-10-8-7-9-19(24)2/h7-14,16-18,20,23,33H,6,15H2,1-5H3,(H2,32,38). The van der Waals surface area contributed by atoms with Gasteiger partial charge >= 0.3 is 12.0 Å². The second-order valence-corrected chi connectivity index (χ2v) is 9.24. The molecule has 42 heavy (non-hydrogen) atoms. The predicted molar refractivity (Wildman–Crippen MR) is 157 cm³/mol. The minimum Gasteiger partial charge on any atom is -0.495 e. The molecule has 0 aliphatic carbocycles. The number of rotatable bonds is 14. The van der Waals surface area contributed by atoms with Crippen LogP contribution in [0.4, 0.5) is 16.2 Å². The normalized spacial score (nSPS) is 12.0. The predicted octanol–water partition coefficient (Wildman–Crippen LogP) is 4.10. The van der Waals surface area contributed by atoms with Crippen molar-refractivity contribution in [1.82, 2.24) is 5.32 Å². The number of nitrogens with zero attached hydrogens (tertiary/aromatic N) is 1. The van der Waals surface area contributed by atoms with Gasteiger partial charge in [-0.1, -0.05) is 24.3 Å². The molecule has 2 amide bonds. The van der Waals surface area contributed by atoms with Gasteiger partial charge < -0.3 is 29.5 Å². The number of hydrogen-bond donors (Lipinski definition) is 2. The van der Waals surface area contributed by atoms with E-state index in [9.17, 15) is 19.2 Å². The van der Waals surface area contributed by atoms with E-state index in [2.05, 4.69) is 5.32 Å². The zero-order chi connectivity index (χ0) is 30.8. The van der Waals surface area contributed by atoms with E-state index < -0.39 is 30.1 Å². The lowest BCUT2D eigenvalue weighted by atomic mass is 10.0. The molecule has 222 valence electrons. The highest BCUT2D eigenvalue weighted by molar-refractivity contribution is 6.01. The second kappa shape index (κ2) is 14.6. The summed E-state index contributed by atoms with van der Waals surface area (Å²) in [6.45, 7) is 5.43. The van der Waals surface area contributed by atoms with E-state index in [1.165, 1.54) is 31.3 Å². The third kappa shape index (κ3) is 7.64. The number of ketones is 1. The molecule has 0 spiro atoms. The highest BCUT2D eigenvalue weighted by atomic mass is 16.5. The van der Waals surface area contributed by atoms with Crippen LogP contribution in [0.3, 0.4) is 0 Å². The summed E-state index contributed by atoms with van der Waals surface area (Å²) in [4.78, 5) is 50.7. The van der Waals surface area contributed by atoms with Gasteiger partial charge in [-0.05, 0) is 68.3 Å². The summed E-state index contributed by atoms with van der Waals surface area (Å²) >= 11 is 0. The lowest BCUT2D eigenvalue weighted by molar-refractivity contribution is -0.125. The van der Waals surface area contributed by atoms with Gasteiger partial charge in [-0.15, -0.1) is 0 Å². The first kappa shape index (κ1) is 31.6. The number of para-hydroxylation sites is 1. The average molecular weight is 578 g/mol. The van der Waals surface area contributed by atoms with E-state index in [1.807, 2.05) is 19.1 Å². The third-order valence-corrected chi connectivity index (χ3v) is 6.32. The molecule has 2 atom stereocenters. The molecule has 0 heterocycles. The van der Waals surface area contributed by atoms with Crippen molar-refractivity contribution >= 4 is 35.4 Å². The van der Waals surface area contributed by atoms with Crippen LogP contribution in [0.25, 0.3) is 0 Å². The van der Waals surface area contributed by atoms with Gasteiger partial charge in [-0.25, -0.2) is 9.59 Å². The summed E-state index contributed by atoms with van der Waals surface area (Å²) in [5.74, 6) is 0.00239. The van der Waals surface area contributed by atoms with Gasteiger partial charge in [0.2, 0.25) is 0 Å². The number of nitrogens with one attached hydrogen (secondary N) is 1. The third-order valence-electron chi connectivity index (χ3n) is 6.32. The van der Waals surface area contributed by atoms with E-state index in [-0.39, 0.29) is 18.8 Å². The van der Waals surface area contributed by atoms with Crippen molar-refractivity contribution in [3.8, 4) is 17.2 Å². The maximum atomic E-state index is 13.1. The lowest BCUT2D eigenvalue weighted by Gasteiger charge is -2.25. The van der Waals surface area contributed by atoms with Crippen LogP contribution in [0.2, 0.25) is 0 Å². The van der Waals surface area contributed by atoms with Crippen LogP contribution >= 0.6 is 0 Å². The molecule has 0 aliphatic heterocycles. The molecule has 3 aromatic rings. The van der Waals surface area contributed by atoms with Gasteiger partial charge in [0.05, 0.1) is 37.8 Å². The molecule has 0 bridgehead atoms. The molecule has 11 heteroatoms. The Bertz CT molecular complexity index is 1440. The number of carbonyl (C=O) groups is 4. The molecule has 2 unspecified atom stereocenters. The van der Waals surface area contributed by atoms with E-state index in [4.69, 9.17) is 24.7 Å². The number of ether oxygens (including phenoxy) is 4. The highest BCUT2D eigenvalue weighted by Gasteiger charge is 2.24. The number of benzene rings is 3. The fourth-order valence-corrected chi connectivity index (χ4v) is 4.30. The van der Waals surface area contributed by atoms with Crippen molar-refractivity contribution in [3.05, 3.63) is 77.4 Å². The number of methoxy groups -OCH3 is 2. The quantitative estimate of drug-likeness (QED) is 0.125. The summed E-state index contributed by atoms with van der Waals surface area (Å²) in [5.41, 5.74) is 8.41. The van der Waals surface area contributed by atoms with Crippen molar-refractivity contribution in [3.63, 3.8) is 0 Å². The number of esters is 1. The van der Waals surface area contributed by atoms with Crippen LogP contribution in [0.5, 0.6) is 17.2 Å². The Kier molecular flexibility index (Phi) is 11.0. The number of primary amides is 1. The van der Waals surface area contributed by atoms with Gasteiger partial charge in [-0.2, -0.15) is 0 Å². The molecular weight excluding hydrogens is 542 g/mol. The maximum Gasteiger partial charge on any atom is 0.338 e. The van der Waals surface area contributed by atoms with Crippen molar-refractivity contribution < 1.29 is 38.1 Å². The van der Waals surface area contributed by atoms with E-state index in [1.54, 1.807) is 50.2 Å². The molecular formula is C31H35N3O8. The Morgan fingerprint density at radius 3 is 2.29 bits per heavy atom. The van der Waals surface area contributed by atoms with Gasteiger partial charge in [0, 0.05) is 6.42 Å². The van der Waals surface area contributed by atoms with Crippen LogP contribution in [0.1, 0.15) is 35.3 Å². The smallest absolute Gasteiger partial charge is 0.338 e. The van der Waals surface area contributed by atoms with Crippen LogP contribution in [-0.2, 0) is 20.7 Å². The highest BCUT2D eigenvalue weighted by Crippen LogP contribution is 2.36. The Labute approximate surface area is 244 Å². The average Bonchev–Trinajstić information content (AvgIpc) is 2.97. The van der Waals surface area contributed by atoms with Gasteiger partial charge in [-0.3, -0.25) is 15.0 Å². The van der Waals surface area contributed by atoms with Gasteiger partial charge in [0.15, 0.2) is 17.3 Å². The topological polar surface area (TPSA) is 146 Å². The van der Waals surface area contributed by atoms with Crippen LogP contribution in [0, 0.1) is 6.92 Å². The number of carbonyl (C=O) groups excluding carboxylic acids is 4. The first-order valence-corrected chi connectivity index (χ1v) is 13.2. The summed E-state index contributed by atoms with van der Waals surface area (Å²) in [6, 6.07) is 14.9. The maximum absolute atomic E-state index is 13.1. The van der Waals surface area contributed by atoms with Crippen LogP contribution in [-0.4, -0.2) is 57.2 Å². The lowest BCUT2D eigenvalue weighted by Crippen LogP contribution is -2.46. The SMILES string of the molecule is CCOC(=O)c1ccc(OC(C)NC(C=O)C(=O)Cc2ccc(N(C(N)=O)c3ccccc3C)c(OC)c2)c(OC)c1. The Balaban J connectivity index is 1.73. The summed E-state index contributed by atoms with van der Waals surface area (Å²) in [7, 11) is 2.87. The van der Waals surface area contributed by atoms with Gasteiger partial charge in [0.25, 0.3) is 0 Å². The first-order chi connectivity index (χ1) is 20.1. The number of Topliss-reactive ketones (excluding diaryl/α,β-unsaturated/α-hetero) is 1. The Morgan fingerprint density at radius 2 is 1.67 bits per heavy atom. The molecule has 0 aromatic heterocycles. The second-order valence-electron chi connectivity index (χ2n) is 9.24. The zero-order valence-electron chi connectivity index (χ0n) is 24.2. The van der Waals surface area contributed by atoms with Gasteiger partial charge in [0.1, 0.15) is 24.3 Å². The monoisotopic (exact) mass is 577 g/mol. The summed E-state index contributed by atoms with van der Waals surface area (Å²) in [6.07, 6.45) is -0.373. The van der Waals surface area contributed by atoms with Crippen molar-refractivity contribution in [1.29, 1.82) is 0 Å². The number of nitrogens with two attached hydrogens (primary N) is 1. The molecule has 0 saturated heterocycles. The number of anilines is 2. The molecule has 0 aliphatic rings. The summed E-state index contributed by atoms with van der Waals surface area (Å²) < 4.78 is 21.7. The van der Waals surface area contributed by atoms with Crippen molar-refractivity contribution in [2.24, 2.45) is 5.73 Å². The van der Waals surface area contributed by atoms with Crippen molar-refractivity contribution in [2.75, 3.05) is 25.7 Å². The first-order valence-electron chi connectivity index (χ1n) is 13.2. The van der Waals surface area contributed by atoms with Crippen LogP contribution in [0.15, 0.2) is 60.7 Å². The molecule has 11 nitrogen and oxygen atoms in total. The fourth-order valence-electron chi connectivity index (χ4n) is 4.30. The molecule has 0 fully saturated rings. The number of hydrogen-bond acceptors (Lipinski definition) is 9. The molecule has 0 saturated carbocycles. The summed E-state index contributed by atoms with van der Waals surface area (Å²) in [5, 5.41) is 2.86. The zero-order valence-corrected chi connectivity index (χ0v) is 24.2. The van der Waals surface area contributed by atoms with Crippen LogP contribution < -0.4 is 30.2 Å². The molecule has 3 N–H and O–H groups in total. The minimum absolute atomic E-state index is 0.0989. The molecule has 3 rings (SSSR count). The fraction of sp³-hybridized carbons (Fsp3) is 0.290. The Hall–Kier alpha value is -4.90. The van der Waals surface area contributed by atoms with E-state index >= 15 is 0 Å². The number of urea groups is 1. The largest absolute Gasteiger partial charge is 0.495 e. The number of amides is 2. The van der Waals surface area contributed by atoms with E-state index in [0.717, 1.165) is 5.56 Å². The minimum atomic E-state index is -1.18. The molecule has 0 radical (unpaired) electrons. The molecule has 3 aromatic carbocycles. The van der Waals surface area contributed by atoms with Crippen molar-refractivity contribution in [2.45, 2.75) is 39.5 Å². The number of aryl methyl sites for hydroxylation is 1.